The third-order valence-corrected chi connectivity index (χ3v) is 5.50. The van der Waals surface area contributed by atoms with Crippen LogP contribution in [0.15, 0.2) is 4.99 Å². The molecule has 4 nitrogen and oxygen atoms in total. The third-order valence-electron chi connectivity index (χ3n) is 5.50. The van der Waals surface area contributed by atoms with E-state index in [1.165, 1.54) is 51.6 Å². The summed E-state index contributed by atoms with van der Waals surface area (Å²) in [4.78, 5) is 7.48. The van der Waals surface area contributed by atoms with Gasteiger partial charge in [0, 0.05) is 38.3 Å². The first kappa shape index (κ1) is 22.0. The zero-order valence-corrected chi connectivity index (χ0v) is 18.5. The zero-order chi connectivity index (χ0) is 16.7. The van der Waals surface area contributed by atoms with E-state index in [0.29, 0.717) is 12.1 Å². The lowest BCUT2D eigenvalue weighted by atomic mass is 9.82. The number of nitrogens with one attached hydrogen (secondary N) is 2. The number of halogens is 1. The van der Waals surface area contributed by atoms with E-state index in [2.05, 4.69) is 43.2 Å². The van der Waals surface area contributed by atoms with Crippen molar-refractivity contribution in [3.05, 3.63) is 0 Å². The van der Waals surface area contributed by atoms with Crippen molar-refractivity contribution in [2.45, 2.75) is 78.3 Å². The summed E-state index contributed by atoms with van der Waals surface area (Å²) >= 11 is 0. The van der Waals surface area contributed by atoms with Gasteiger partial charge in [0.2, 0.25) is 0 Å². The van der Waals surface area contributed by atoms with Gasteiger partial charge in [-0.25, -0.2) is 0 Å². The second kappa shape index (κ2) is 11.6. The first-order valence-corrected chi connectivity index (χ1v) is 9.87. The van der Waals surface area contributed by atoms with Crippen molar-refractivity contribution >= 4 is 29.9 Å². The maximum Gasteiger partial charge on any atom is 0.191 e. The molecule has 2 unspecified atom stereocenters. The third kappa shape index (κ3) is 7.46. The van der Waals surface area contributed by atoms with Crippen LogP contribution in [0.25, 0.3) is 0 Å². The summed E-state index contributed by atoms with van der Waals surface area (Å²) in [7, 11) is 0. The molecule has 1 aliphatic carbocycles. The van der Waals surface area contributed by atoms with Crippen molar-refractivity contribution in [3.63, 3.8) is 0 Å². The molecular formula is C19H39IN4. The standard InChI is InChI=1S/C19H38N4.HI/c1-5-20-19(21-14-17-8-6-7-16(4)13-17)22-18-9-11-23(12-10-18)15(2)3;/h15-18H,5-14H2,1-4H3,(H2,20,21,22);1H. The summed E-state index contributed by atoms with van der Waals surface area (Å²) in [5.41, 5.74) is 0. The average Bonchev–Trinajstić information content (AvgIpc) is 2.53. The van der Waals surface area contributed by atoms with Crippen LogP contribution >= 0.6 is 24.0 Å². The average molecular weight is 450 g/mol. The summed E-state index contributed by atoms with van der Waals surface area (Å²) in [6.45, 7) is 13.5. The van der Waals surface area contributed by atoms with Gasteiger partial charge in [-0.1, -0.05) is 19.8 Å². The monoisotopic (exact) mass is 450 g/mol. The molecule has 1 heterocycles. The molecule has 24 heavy (non-hydrogen) atoms. The normalized spacial score (nSPS) is 27.0. The van der Waals surface area contributed by atoms with Crippen molar-refractivity contribution in [1.29, 1.82) is 0 Å². The molecule has 0 amide bonds. The Morgan fingerprint density at radius 1 is 1.17 bits per heavy atom. The van der Waals surface area contributed by atoms with Crippen LogP contribution in [0, 0.1) is 11.8 Å². The van der Waals surface area contributed by atoms with Crippen LogP contribution < -0.4 is 10.6 Å². The molecule has 0 aromatic heterocycles. The number of rotatable bonds is 5. The largest absolute Gasteiger partial charge is 0.357 e. The molecule has 0 aromatic rings. The number of piperidine rings is 1. The highest BCUT2D eigenvalue weighted by atomic mass is 127. The first-order chi connectivity index (χ1) is 11.1. The predicted molar refractivity (Wildman–Crippen MR) is 115 cm³/mol. The Morgan fingerprint density at radius 3 is 2.46 bits per heavy atom. The molecule has 1 aliphatic heterocycles. The second-order valence-corrected chi connectivity index (χ2v) is 7.91. The van der Waals surface area contributed by atoms with Gasteiger partial charge in [-0.2, -0.15) is 0 Å². The van der Waals surface area contributed by atoms with Crippen LogP contribution in [0.3, 0.4) is 0 Å². The van der Waals surface area contributed by atoms with Crippen molar-refractivity contribution in [2.24, 2.45) is 16.8 Å². The molecule has 2 fully saturated rings. The van der Waals surface area contributed by atoms with E-state index in [1.807, 2.05) is 0 Å². The maximum atomic E-state index is 4.90. The number of nitrogens with zero attached hydrogens (tertiary/aromatic N) is 2. The van der Waals surface area contributed by atoms with Crippen molar-refractivity contribution < 1.29 is 0 Å². The smallest absolute Gasteiger partial charge is 0.191 e. The van der Waals surface area contributed by atoms with Crippen LogP contribution in [0.2, 0.25) is 0 Å². The molecule has 1 saturated carbocycles. The highest BCUT2D eigenvalue weighted by molar-refractivity contribution is 14.0. The molecule has 2 N–H and O–H groups in total. The molecule has 2 aliphatic rings. The number of hydrogen-bond acceptors (Lipinski definition) is 2. The van der Waals surface area contributed by atoms with Gasteiger partial charge in [-0.05, 0) is 58.3 Å². The van der Waals surface area contributed by atoms with Gasteiger partial charge in [0.1, 0.15) is 0 Å². The quantitative estimate of drug-likeness (QED) is 0.380. The van der Waals surface area contributed by atoms with Gasteiger partial charge in [0.15, 0.2) is 5.96 Å². The molecule has 2 rings (SSSR count). The Labute approximate surface area is 166 Å². The van der Waals surface area contributed by atoms with E-state index < -0.39 is 0 Å². The Hall–Kier alpha value is -0.0400. The zero-order valence-electron chi connectivity index (χ0n) is 16.2. The van der Waals surface area contributed by atoms with Crippen molar-refractivity contribution in [1.82, 2.24) is 15.5 Å². The van der Waals surface area contributed by atoms with Crippen molar-refractivity contribution in [3.8, 4) is 0 Å². The van der Waals surface area contributed by atoms with E-state index in [-0.39, 0.29) is 24.0 Å². The molecule has 5 heteroatoms. The van der Waals surface area contributed by atoms with E-state index in [4.69, 9.17) is 4.99 Å². The number of likely N-dealkylation sites (tertiary alicyclic amines) is 1. The Balaban J connectivity index is 0.00000288. The van der Waals surface area contributed by atoms with Crippen LogP contribution in [0.4, 0.5) is 0 Å². The molecule has 0 radical (unpaired) electrons. The molecule has 1 saturated heterocycles. The summed E-state index contributed by atoms with van der Waals surface area (Å²) in [6, 6.07) is 1.25. The Bertz CT molecular complexity index is 364. The van der Waals surface area contributed by atoms with Gasteiger partial charge in [-0.15, -0.1) is 24.0 Å². The van der Waals surface area contributed by atoms with Crippen molar-refractivity contribution in [2.75, 3.05) is 26.2 Å². The minimum atomic E-state index is 0. The number of hydrogen-bond donors (Lipinski definition) is 2. The molecule has 0 aromatic carbocycles. The summed E-state index contributed by atoms with van der Waals surface area (Å²) in [6.07, 6.45) is 7.97. The van der Waals surface area contributed by atoms with E-state index in [1.54, 1.807) is 0 Å². The molecule has 142 valence electrons. The highest BCUT2D eigenvalue weighted by Gasteiger charge is 2.22. The van der Waals surface area contributed by atoms with Crippen LogP contribution in [0.5, 0.6) is 0 Å². The Morgan fingerprint density at radius 2 is 1.88 bits per heavy atom. The minimum Gasteiger partial charge on any atom is -0.357 e. The second-order valence-electron chi connectivity index (χ2n) is 7.91. The number of guanidine groups is 1. The van der Waals surface area contributed by atoms with E-state index in [9.17, 15) is 0 Å². The maximum absolute atomic E-state index is 4.90. The SMILES string of the molecule is CCNC(=NCC1CCCC(C)C1)NC1CCN(C(C)C)CC1.I. The fourth-order valence-electron chi connectivity index (χ4n) is 4.02. The first-order valence-electron chi connectivity index (χ1n) is 9.87. The summed E-state index contributed by atoms with van der Waals surface area (Å²) in [5.74, 6) is 2.71. The van der Waals surface area contributed by atoms with Crippen LogP contribution in [-0.2, 0) is 0 Å². The Kier molecular flexibility index (Phi) is 10.6. The lowest BCUT2D eigenvalue weighted by molar-refractivity contribution is 0.167. The lowest BCUT2D eigenvalue weighted by Gasteiger charge is -2.35. The fraction of sp³-hybridized carbons (Fsp3) is 0.947. The molecule has 2 atom stereocenters. The van der Waals surface area contributed by atoms with Gasteiger partial charge >= 0.3 is 0 Å². The molecular weight excluding hydrogens is 411 g/mol. The fourth-order valence-corrected chi connectivity index (χ4v) is 4.02. The minimum absolute atomic E-state index is 0. The molecule has 0 spiro atoms. The topological polar surface area (TPSA) is 39.7 Å². The van der Waals surface area contributed by atoms with E-state index >= 15 is 0 Å². The van der Waals surface area contributed by atoms with Crippen LogP contribution in [-0.4, -0.2) is 49.1 Å². The number of aliphatic imine (C=N–C) groups is 1. The van der Waals surface area contributed by atoms with Gasteiger partial charge in [-0.3, -0.25) is 4.99 Å². The lowest BCUT2D eigenvalue weighted by Crippen LogP contribution is -2.50. The van der Waals surface area contributed by atoms with E-state index in [0.717, 1.165) is 30.9 Å². The van der Waals surface area contributed by atoms with Gasteiger partial charge < -0.3 is 15.5 Å². The summed E-state index contributed by atoms with van der Waals surface area (Å²) < 4.78 is 0. The van der Waals surface area contributed by atoms with Crippen LogP contribution in [0.1, 0.15) is 66.2 Å². The summed E-state index contributed by atoms with van der Waals surface area (Å²) in [5, 5.41) is 7.12. The van der Waals surface area contributed by atoms with Gasteiger partial charge in [0.25, 0.3) is 0 Å². The predicted octanol–water partition coefficient (Wildman–Crippen LogP) is 3.86. The van der Waals surface area contributed by atoms with Gasteiger partial charge in [0.05, 0.1) is 0 Å². The highest BCUT2D eigenvalue weighted by Crippen LogP contribution is 2.28. The molecule has 0 bridgehead atoms.